The zero-order valence-electron chi connectivity index (χ0n) is 16.7. The molecular weight excluding hydrogens is 403 g/mol. The second-order valence-electron chi connectivity index (χ2n) is 7.05. The van der Waals surface area contributed by atoms with Gasteiger partial charge < -0.3 is 16.0 Å². The number of anilines is 2. The van der Waals surface area contributed by atoms with Crippen molar-refractivity contribution in [3.05, 3.63) is 77.1 Å². The molecule has 3 rings (SSSR count). The molecule has 3 aromatic rings. The molecule has 0 spiro atoms. The molecule has 1 heterocycles. The number of thiazole rings is 1. The Balaban J connectivity index is 1.69. The van der Waals surface area contributed by atoms with Crippen LogP contribution in [0.5, 0.6) is 0 Å². The van der Waals surface area contributed by atoms with E-state index in [1.807, 2.05) is 44.2 Å². The van der Waals surface area contributed by atoms with Gasteiger partial charge in [-0.05, 0) is 43.7 Å². The van der Waals surface area contributed by atoms with E-state index in [1.54, 1.807) is 17.5 Å². The predicted octanol–water partition coefficient (Wildman–Crippen LogP) is 3.89. The van der Waals surface area contributed by atoms with Crippen molar-refractivity contribution in [1.82, 2.24) is 15.6 Å². The zero-order chi connectivity index (χ0) is 21.5. The summed E-state index contributed by atoms with van der Waals surface area (Å²) in [6.45, 7) is 3.74. The van der Waals surface area contributed by atoms with Crippen LogP contribution in [0.25, 0.3) is 0 Å². The number of amides is 2. The summed E-state index contributed by atoms with van der Waals surface area (Å²) >= 11 is 1.25. The molecule has 0 aliphatic heterocycles. The average Bonchev–Trinajstić information content (AvgIpc) is 3.18. The molecule has 1 unspecified atom stereocenters. The van der Waals surface area contributed by atoms with Crippen LogP contribution in [0.3, 0.4) is 0 Å². The second kappa shape index (κ2) is 9.98. The van der Waals surface area contributed by atoms with Gasteiger partial charge in [-0.2, -0.15) is 0 Å². The molecule has 8 heteroatoms. The smallest absolute Gasteiger partial charge is 0.271 e. The lowest BCUT2D eigenvalue weighted by Crippen LogP contribution is -2.49. The highest BCUT2D eigenvalue weighted by Crippen LogP contribution is 2.21. The van der Waals surface area contributed by atoms with E-state index in [0.29, 0.717) is 17.2 Å². The topological polar surface area (TPSA) is 83.1 Å². The molecule has 0 aliphatic carbocycles. The Morgan fingerprint density at radius 2 is 1.73 bits per heavy atom. The van der Waals surface area contributed by atoms with Gasteiger partial charge in [0.05, 0.1) is 0 Å². The summed E-state index contributed by atoms with van der Waals surface area (Å²) in [5, 5.41) is 10.8. The summed E-state index contributed by atoms with van der Waals surface area (Å²) in [4.78, 5) is 29.6. The van der Waals surface area contributed by atoms with Crippen molar-refractivity contribution in [2.24, 2.45) is 0 Å². The number of aromatic nitrogens is 1. The molecule has 3 N–H and O–H groups in total. The Morgan fingerprint density at radius 3 is 2.40 bits per heavy atom. The second-order valence-corrected chi connectivity index (χ2v) is 7.91. The van der Waals surface area contributed by atoms with E-state index in [2.05, 4.69) is 20.9 Å². The van der Waals surface area contributed by atoms with Gasteiger partial charge in [0.25, 0.3) is 5.91 Å². The third kappa shape index (κ3) is 6.12. The highest BCUT2D eigenvalue weighted by molar-refractivity contribution is 7.14. The van der Waals surface area contributed by atoms with Crippen molar-refractivity contribution < 1.29 is 14.0 Å². The van der Waals surface area contributed by atoms with Gasteiger partial charge in [0.1, 0.15) is 17.6 Å². The molecule has 6 nitrogen and oxygen atoms in total. The number of carbonyl (C=O) groups excluding carboxylic acids is 2. The summed E-state index contributed by atoms with van der Waals surface area (Å²) in [6.07, 6.45) is 0.371. The standard InChI is InChI=1S/C22H23FN4O2S/c1-14(2)24-20(28)18(12-15-6-4-3-5-7-15)26-21(29)19-13-30-22(27-19)25-17-10-8-16(23)9-11-17/h3-11,13-14,18H,12H2,1-2H3,(H,24,28)(H,25,27)(H,26,29). The van der Waals surface area contributed by atoms with Crippen LogP contribution in [0, 0.1) is 5.82 Å². The van der Waals surface area contributed by atoms with Crippen molar-refractivity contribution in [1.29, 1.82) is 0 Å². The first-order chi connectivity index (χ1) is 14.4. The van der Waals surface area contributed by atoms with Gasteiger partial charge in [-0.3, -0.25) is 9.59 Å². The van der Waals surface area contributed by atoms with Gasteiger partial charge in [-0.25, -0.2) is 9.37 Å². The molecule has 0 bridgehead atoms. The molecule has 2 aromatic carbocycles. The molecule has 0 radical (unpaired) electrons. The number of halogens is 1. The Labute approximate surface area is 178 Å². The van der Waals surface area contributed by atoms with E-state index in [9.17, 15) is 14.0 Å². The van der Waals surface area contributed by atoms with E-state index in [0.717, 1.165) is 5.56 Å². The van der Waals surface area contributed by atoms with E-state index in [1.165, 1.54) is 23.5 Å². The molecule has 156 valence electrons. The largest absolute Gasteiger partial charge is 0.352 e. The first kappa shape index (κ1) is 21.4. The normalized spacial score (nSPS) is 11.7. The molecule has 1 aromatic heterocycles. The Bertz CT molecular complexity index is 990. The first-order valence-electron chi connectivity index (χ1n) is 9.54. The maximum atomic E-state index is 13.0. The monoisotopic (exact) mass is 426 g/mol. The third-order valence-electron chi connectivity index (χ3n) is 4.17. The lowest BCUT2D eigenvalue weighted by atomic mass is 10.0. The van der Waals surface area contributed by atoms with E-state index in [4.69, 9.17) is 0 Å². The molecule has 2 amide bonds. The lowest BCUT2D eigenvalue weighted by molar-refractivity contribution is -0.123. The van der Waals surface area contributed by atoms with Crippen LogP contribution < -0.4 is 16.0 Å². The van der Waals surface area contributed by atoms with Gasteiger partial charge in [-0.1, -0.05) is 30.3 Å². The summed E-state index contributed by atoms with van der Waals surface area (Å²) in [7, 11) is 0. The number of benzene rings is 2. The molecule has 0 saturated heterocycles. The van der Waals surface area contributed by atoms with Crippen LogP contribution in [0.2, 0.25) is 0 Å². The Kier molecular flexibility index (Phi) is 7.13. The van der Waals surface area contributed by atoms with E-state index in [-0.39, 0.29) is 23.5 Å². The van der Waals surface area contributed by atoms with Crippen molar-refractivity contribution in [3.63, 3.8) is 0 Å². The lowest BCUT2D eigenvalue weighted by Gasteiger charge is -2.19. The van der Waals surface area contributed by atoms with Crippen molar-refractivity contribution in [2.45, 2.75) is 32.4 Å². The number of nitrogens with zero attached hydrogens (tertiary/aromatic N) is 1. The number of nitrogens with one attached hydrogen (secondary N) is 3. The number of hydrogen-bond acceptors (Lipinski definition) is 5. The van der Waals surface area contributed by atoms with Crippen LogP contribution in [0.15, 0.2) is 60.0 Å². The summed E-state index contributed by atoms with van der Waals surface area (Å²) in [5.74, 6) is -1.01. The van der Waals surface area contributed by atoms with Crippen LogP contribution in [0.4, 0.5) is 15.2 Å². The van der Waals surface area contributed by atoms with Crippen molar-refractivity contribution in [2.75, 3.05) is 5.32 Å². The maximum Gasteiger partial charge on any atom is 0.271 e. The number of hydrogen-bond donors (Lipinski definition) is 3. The Hall–Kier alpha value is -3.26. The summed E-state index contributed by atoms with van der Waals surface area (Å²) in [6, 6.07) is 14.6. The molecule has 0 saturated carbocycles. The fourth-order valence-electron chi connectivity index (χ4n) is 2.77. The highest BCUT2D eigenvalue weighted by Gasteiger charge is 2.23. The van der Waals surface area contributed by atoms with Gasteiger partial charge in [0.2, 0.25) is 5.91 Å². The fourth-order valence-corrected chi connectivity index (χ4v) is 3.48. The van der Waals surface area contributed by atoms with Gasteiger partial charge in [0, 0.05) is 23.5 Å². The summed E-state index contributed by atoms with van der Waals surface area (Å²) in [5.41, 5.74) is 1.81. The van der Waals surface area contributed by atoms with Crippen LogP contribution >= 0.6 is 11.3 Å². The van der Waals surface area contributed by atoms with Gasteiger partial charge in [-0.15, -0.1) is 11.3 Å². The van der Waals surface area contributed by atoms with Gasteiger partial charge >= 0.3 is 0 Å². The molecule has 1 atom stereocenters. The molecule has 30 heavy (non-hydrogen) atoms. The van der Waals surface area contributed by atoms with E-state index < -0.39 is 11.9 Å². The molecule has 0 fully saturated rings. The number of carbonyl (C=O) groups is 2. The SMILES string of the molecule is CC(C)NC(=O)C(Cc1ccccc1)NC(=O)c1csc(Nc2ccc(F)cc2)n1. The van der Waals surface area contributed by atoms with Gasteiger partial charge in [0.15, 0.2) is 5.13 Å². The average molecular weight is 427 g/mol. The predicted molar refractivity (Wildman–Crippen MR) is 116 cm³/mol. The molecule has 0 aliphatic rings. The minimum atomic E-state index is -0.725. The quantitative estimate of drug-likeness (QED) is 0.510. The van der Waals surface area contributed by atoms with Crippen LogP contribution in [-0.4, -0.2) is 28.9 Å². The minimum absolute atomic E-state index is 0.0431. The highest BCUT2D eigenvalue weighted by atomic mass is 32.1. The van der Waals surface area contributed by atoms with Crippen LogP contribution in [-0.2, 0) is 11.2 Å². The first-order valence-corrected chi connectivity index (χ1v) is 10.4. The minimum Gasteiger partial charge on any atom is -0.352 e. The summed E-state index contributed by atoms with van der Waals surface area (Å²) < 4.78 is 13.0. The zero-order valence-corrected chi connectivity index (χ0v) is 17.5. The van der Waals surface area contributed by atoms with Crippen molar-refractivity contribution >= 4 is 34.0 Å². The van der Waals surface area contributed by atoms with E-state index >= 15 is 0 Å². The maximum absolute atomic E-state index is 13.0. The third-order valence-corrected chi connectivity index (χ3v) is 4.93. The Morgan fingerprint density at radius 1 is 1.03 bits per heavy atom. The fraction of sp³-hybridized carbons (Fsp3) is 0.227. The molecular formula is C22H23FN4O2S. The van der Waals surface area contributed by atoms with Crippen LogP contribution in [0.1, 0.15) is 29.9 Å². The number of rotatable bonds is 8. The van der Waals surface area contributed by atoms with Crippen molar-refractivity contribution in [3.8, 4) is 0 Å².